The number of unbranched alkanes of at least 4 members (excludes halogenated alkanes) is 6. The molecule has 0 amide bonds. The summed E-state index contributed by atoms with van der Waals surface area (Å²) in [6.07, 6.45) is 101. The molecule has 0 saturated heterocycles. The first-order valence-electron chi connectivity index (χ1n) is 53.3. The van der Waals surface area contributed by atoms with Gasteiger partial charge in [-0.05, 0) is 395 Å². The molecule has 0 spiro atoms. The van der Waals surface area contributed by atoms with Crippen LogP contribution in [0.2, 0.25) is 0 Å². The fourth-order valence-electron chi connectivity index (χ4n) is 36.0. The molecule has 752 valence electrons. The van der Waals surface area contributed by atoms with Gasteiger partial charge in [0.1, 0.15) is 0 Å². The van der Waals surface area contributed by atoms with E-state index in [2.05, 4.69) is 125 Å². The van der Waals surface area contributed by atoms with Gasteiger partial charge in [-0.3, -0.25) is 0 Å². The van der Waals surface area contributed by atoms with Gasteiger partial charge >= 0.3 is 151 Å². The van der Waals surface area contributed by atoms with Crippen molar-refractivity contribution >= 4 is 68.1 Å². The molecule has 2 aromatic carbocycles. The minimum atomic E-state index is -0.826. The van der Waals surface area contributed by atoms with Crippen LogP contribution in [0.15, 0.2) is 111 Å². The Morgan fingerprint density at radius 2 is 0.394 bits per heavy atom. The van der Waals surface area contributed by atoms with Crippen molar-refractivity contribution in [2.45, 2.75) is 423 Å². The Kier molecular flexibility index (Phi) is 68.1. The molecular weight excluding hydrogens is 2090 g/mol. The third-order valence-electron chi connectivity index (χ3n) is 39.7. The number of hydrogen-bond acceptors (Lipinski definition) is 0. The molecule has 16 aliphatic rings. The van der Waals surface area contributed by atoms with Gasteiger partial charge in [-0.15, -0.1) is 26.3 Å². The van der Waals surface area contributed by atoms with Crippen LogP contribution in [0.3, 0.4) is 0 Å². The summed E-state index contributed by atoms with van der Waals surface area (Å²) in [5.41, 5.74) is 5.61. The Bertz CT molecular complexity index is 3150. The fourth-order valence-corrected chi connectivity index (χ4v) is 36.0. The summed E-state index contributed by atoms with van der Waals surface area (Å²) in [5, 5.41) is 0. The van der Waals surface area contributed by atoms with Crippen LogP contribution in [-0.4, -0.2) is 0 Å². The topological polar surface area (TPSA) is 0 Å². The van der Waals surface area contributed by atoms with Crippen LogP contribution in [0.5, 0.6) is 0 Å². The van der Waals surface area contributed by atoms with E-state index in [9.17, 15) is 0 Å². The second-order valence-electron chi connectivity index (χ2n) is 44.5. The molecule has 16 fully saturated rings. The van der Waals surface area contributed by atoms with Gasteiger partial charge < -0.3 is 59.4 Å². The number of rotatable bonds is 28. The average Bonchev–Trinajstić information content (AvgIpc) is 1.55. The minimum absolute atomic E-state index is 0. The van der Waals surface area contributed by atoms with Crippen LogP contribution < -0.4 is 0 Å². The summed E-state index contributed by atoms with van der Waals surface area (Å²) < 4.78 is 0. The summed E-state index contributed by atoms with van der Waals surface area (Å²) in [4.78, 5) is 0. The van der Waals surface area contributed by atoms with E-state index in [0.717, 1.165) is 142 Å². The predicted molar refractivity (Wildman–Crippen MR) is 581 cm³/mol. The van der Waals surface area contributed by atoms with Crippen LogP contribution in [0.4, 0.5) is 0 Å². The van der Waals surface area contributed by atoms with Crippen LogP contribution in [0.25, 0.3) is 0 Å². The number of allylic oxidation sites excluding steroid dienone is 4. The fraction of sp³-hybridized carbons (Fsp3) is 0.767. The summed E-state index contributed by atoms with van der Waals surface area (Å²) in [6, 6.07) is 24.1. The molecule has 20 unspecified atom stereocenters. The molecule has 0 nitrogen and oxygen atoms in total. The molecule has 12 heteroatoms. The van der Waals surface area contributed by atoms with E-state index in [4.69, 9.17) is 68.1 Å². The maximum absolute atomic E-state index is 4.93. The van der Waals surface area contributed by atoms with Crippen molar-refractivity contribution in [3.8, 4) is 0 Å². The van der Waals surface area contributed by atoms with Crippen LogP contribution in [0.1, 0.15) is 423 Å². The number of halogens is 8. The first-order chi connectivity index (χ1) is 60.9. The van der Waals surface area contributed by atoms with Crippen LogP contribution >= 0.6 is 68.1 Å². The predicted octanol–water partition coefficient (Wildman–Crippen LogP) is 42.9. The zero-order valence-electron chi connectivity index (χ0n) is 86.6. The van der Waals surface area contributed by atoms with Gasteiger partial charge in [-0.2, -0.15) is 0 Å². The van der Waals surface area contributed by atoms with Gasteiger partial charge in [0.2, 0.25) is 0 Å². The van der Waals surface area contributed by atoms with E-state index < -0.39 is 83.4 Å². The van der Waals surface area contributed by atoms with Gasteiger partial charge in [0.05, 0.1) is 0 Å². The van der Waals surface area contributed by atoms with Gasteiger partial charge in [-0.1, -0.05) is 266 Å². The third-order valence-corrected chi connectivity index (χ3v) is 39.7. The normalized spacial score (nSPS) is 32.4. The number of hydrogen-bond donors (Lipinski definition) is 0. The van der Waals surface area contributed by atoms with E-state index in [-0.39, 0.29) is 59.4 Å². The van der Waals surface area contributed by atoms with Gasteiger partial charge in [0.15, 0.2) is 0 Å². The molecule has 0 aromatic heterocycles. The molecule has 2 aromatic rings. The molecular formula is C120H200Cl8Zr4. The van der Waals surface area contributed by atoms with Crippen molar-refractivity contribution in [3.05, 3.63) is 182 Å². The van der Waals surface area contributed by atoms with Crippen molar-refractivity contribution in [3.63, 3.8) is 0 Å². The first-order valence-corrected chi connectivity index (χ1v) is 78.6. The SMILES string of the molecule is C=CCCCC(C)(C1CCCC1)C1C2CCCCC2C2CCCCC21.C=CCCCC(c1ccccc1)(C1CCCC1)C1C2CCCCC2C2CCCCC21.C=CCCCCC(C)(C1CCCC1)C1C2CCCCC2C2CCCCC21.C=CCCCCC(c1ccccc1)(C1CCCC1)C1C2CCCCC2C2CCCCC21.[CH3-].[CH3-].[CH3-].[CH3-].[CH3-].[CH3-].[CH3-].[CH3-].[Cl][Zr+2][Cl].[Cl][Zr+2][Cl].[Cl][Zr+2][Cl].[Cl][Zr+2][Cl]. The molecule has 16 saturated carbocycles. The Labute approximate surface area is 898 Å². The Balaban J connectivity index is 0.000000428. The Hall–Kier alpha value is 3.25. The van der Waals surface area contributed by atoms with Crippen molar-refractivity contribution in [1.29, 1.82) is 0 Å². The Morgan fingerprint density at radius 3 is 0.621 bits per heavy atom. The number of benzene rings is 2. The standard InChI is InChI=1S/C31H46.C30H44.C26H44.C25H42.8CH3.8ClH.4Zr/c1-2-3-4-14-23-31(25-17-8-9-18-25,24-15-6-5-7-16-24)30-28-21-12-10-19-26(28)27-20-11-13-22-29(27)30;1-2-3-13-22-30(24-16-7-8-17-24,23-14-5-4-6-15-23)29-27-20-11-9-18-25(27)26-19-10-12-21-28(26)29;1-3-4-5-12-19-26(2,20-13-6-7-14-20)25-23-17-10-8-15-21(23)22-16-9-11-18-24(22)25;1-3-4-11-18-25(2,19-12-5-6-13-19)24-22-16-9-7-14-20(22)21-15-8-10-17-23(21)24;;;;;;;;;;;;;;;;;;;;/h2,5-7,15-16,25-30H,1,3-4,8-14,17-23H2;2,4-6,14-15,24-29H,1,3,7-13,16-22H2;3,20-25H,1,4-19H2,2H3;3,19-24H,1,4-18H2,2H3;8*1H3;8*1H;;;;/q;;;;8*-1;;;;;;;;;4*+4/p-8. The van der Waals surface area contributed by atoms with Crippen LogP contribution in [-0.2, 0) is 94.2 Å². The molecule has 0 N–H and O–H groups in total. The third kappa shape index (κ3) is 32.1. The van der Waals surface area contributed by atoms with E-state index in [1.54, 1.807) is 101 Å². The molecule has 0 bridgehead atoms. The Morgan fingerprint density at radius 1 is 0.227 bits per heavy atom. The average molecular weight is 2290 g/mol. The van der Waals surface area contributed by atoms with Gasteiger partial charge in [0.25, 0.3) is 0 Å². The molecule has 0 aliphatic heterocycles. The van der Waals surface area contributed by atoms with E-state index in [1.165, 1.54) is 308 Å². The van der Waals surface area contributed by atoms with E-state index in [0.29, 0.717) is 21.7 Å². The van der Waals surface area contributed by atoms with Crippen molar-refractivity contribution in [2.24, 2.45) is 153 Å². The maximum atomic E-state index is 4.93. The van der Waals surface area contributed by atoms with Crippen molar-refractivity contribution in [2.75, 3.05) is 0 Å². The number of fused-ring (bicyclic) bond motifs is 12. The molecule has 0 radical (unpaired) electrons. The van der Waals surface area contributed by atoms with Crippen molar-refractivity contribution in [1.82, 2.24) is 0 Å². The zero-order chi connectivity index (χ0) is 87.6. The molecule has 16 aliphatic carbocycles. The molecule has 20 atom stereocenters. The zero-order valence-corrected chi connectivity index (χ0v) is 103. The van der Waals surface area contributed by atoms with Gasteiger partial charge in [-0.25, -0.2) is 0 Å². The van der Waals surface area contributed by atoms with Crippen molar-refractivity contribution < 1.29 is 83.4 Å². The summed E-state index contributed by atoms with van der Waals surface area (Å²) >= 11 is -3.30. The molecule has 132 heavy (non-hydrogen) atoms. The quantitative estimate of drug-likeness (QED) is 0.0453. The molecule has 18 rings (SSSR count). The van der Waals surface area contributed by atoms with Crippen LogP contribution in [0, 0.1) is 212 Å². The van der Waals surface area contributed by atoms with E-state index >= 15 is 0 Å². The summed E-state index contributed by atoms with van der Waals surface area (Å²) in [6.45, 7) is 21.6. The molecule has 0 heterocycles. The summed E-state index contributed by atoms with van der Waals surface area (Å²) in [7, 11) is 39.5. The second-order valence-corrected chi connectivity index (χ2v) is 59.4. The van der Waals surface area contributed by atoms with E-state index in [1.807, 2.05) is 0 Å². The van der Waals surface area contributed by atoms with Gasteiger partial charge in [0, 0.05) is 10.8 Å². The first kappa shape index (κ1) is 129. The summed E-state index contributed by atoms with van der Waals surface area (Å²) in [5.74, 6) is 25.1. The monoisotopic (exact) mass is 2280 g/mol. The second kappa shape index (κ2) is 69.5.